The summed E-state index contributed by atoms with van der Waals surface area (Å²) in [6.07, 6.45) is 0.167. The van der Waals surface area contributed by atoms with Crippen LogP contribution in [-0.4, -0.2) is 108 Å². The smallest absolute Gasteiger partial charge is 0.166 e. The second-order valence-corrected chi connectivity index (χ2v) is 16.9. The van der Waals surface area contributed by atoms with Crippen molar-refractivity contribution in [3.05, 3.63) is 130 Å². The van der Waals surface area contributed by atoms with Gasteiger partial charge in [-0.25, -0.2) is 0 Å². The maximum atomic E-state index is 12.7. The lowest BCUT2D eigenvalue weighted by Crippen LogP contribution is -2.48. The number of piperazine rings is 2. The molecule has 2 aromatic heterocycles. The predicted molar refractivity (Wildman–Crippen MR) is 238 cm³/mol. The summed E-state index contributed by atoms with van der Waals surface area (Å²) >= 11 is 7.12. The van der Waals surface area contributed by atoms with Gasteiger partial charge in [0.05, 0.1) is 25.7 Å². The van der Waals surface area contributed by atoms with Crippen molar-refractivity contribution in [2.75, 3.05) is 72.6 Å². The number of benzene rings is 5. The fourth-order valence-corrected chi connectivity index (χ4v) is 9.16. The molecular formula is C46H50Br2N6O2. The molecule has 0 amide bonds. The average Bonchev–Trinajstić information content (AvgIpc) is 3.70. The largest absolute Gasteiger partial charge is 0.378 e. The van der Waals surface area contributed by atoms with Gasteiger partial charge in [-0.1, -0.05) is 98.6 Å². The van der Waals surface area contributed by atoms with Crippen LogP contribution >= 0.6 is 31.9 Å². The lowest BCUT2D eigenvalue weighted by molar-refractivity contribution is -0.120. The highest BCUT2D eigenvalue weighted by atomic mass is 79.9. The molecule has 0 spiro atoms. The lowest BCUT2D eigenvalue weighted by Gasteiger charge is -2.36. The van der Waals surface area contributed by atoms with E-state index in [0.29, 0.717) is 13.1 Å². The van der Waals surface area contributed by atoms with Gasteiger partial charge >= 0.3 is 0 Å². The van der Waals surface area contributed by atoms with E-state index < -0.39 is 0 Å². The molecule has 5 aromatic carbocycles. The number of carbonyl (C=O) groups is 1. The molecule has 1 atom stereocenters. The van der Waals surface area contributed by atoms with Gasteiger partial charge in [-0.05, 0) is 54.1 Å². The monoisotopic (exact) mass is 876 g/mol. The van der Waals surface area contributed by atoms with Crippen molar-refractivity contribution < 1.29 is 9.53 Å². The second kappa shape index (κ2) is 18.2. The van der Waals surface area contributed by atoms with Gasteiger partial charge < -0.3 is 19.2 Å². The number of nitrogens with zero attached hydrogens (tertiary/aromatic N) is 5. The van der Waals surface area contributed by atoms with Crippen LogP contribution in [0.5, 0.6) is 0 Å². The quantitative estimate of drug-likeness (QED) is 0.141. The van der Waals surface area contributed by atoms with Crippen LogP contribution in [0.25, 0.3) is 43.6 Å². The number of ether oxygens (including phenoxy) is 1. The van der Waals surface area contributed by atoms with Crippen LogP contribution < -0.4 is 5.32 Å². The molecule has 0 saturated carbocycles. The van der Waals surface area contributed by atoms with E-state index in [9.17, 15) is 4.79 Å². The molecule has 2 fully saturated rings. The maximum absolute atomic E-state index is 12.7. The molecule has 1 N–H and O–H groups in total. The molecule has 2 aliphatic heterocycles. The Hall–Kier alpha value is -3.87. The van der Waals surface area contributed by atoms with Gasteiger partial charge in [0.1, 0.15) is 0 Å². The van der Waals surface area contributed by atoms with Gasteiger partial charge in [0, 0.05) is 125 Å². The zero-order valence-corrected chi connectivity index (χ0v) is 35.2. The van der Waals surface area contributed by atoms with Crippen molar-refractivity contribution in [2.24, 2.45) is 0 Å². The zero-order valence-electron chi connectivity index (χ0n) is 32.0. The Labute approximate surface area is 346 Å². The van der Waals surface area contributed by atoms with Crippen molar-refractivity contribution in [2.45, 2.75) is 25.7 Å². The third-order valence-electron chi connectivity index (χ3n) is 11.3. The van der Waals surface area contributed by atoms with E-state index in [4.69, 9.17) is 4.74 Å². The molecule has 9 rings (SSSR count). The number of nitrogens with one attached hydrogen (secondary N) is 1. The third-order valence-corrected chi connectivity index (χ3v) is 12.3. The van der Waals surface area contributed by atoms with E-state index in [1.807, 2.05) is 19.2 Å². The van der Waals surface area contributed by atoms with Gasteiger partial charge in [-0.2, -0.15) is 0 Å². The highest BCUT2D eigenvalue weighted by molar-refractivity contribution is 9.10. The van der Waals surface area contributed by atoms with Crippen LogP contribution in [0.3, 0.4) is 0 Å². The molecule has 290 valence electrons. The standard InChI is InChI=1S/C27H31N3O.C19H19Br2N3O/c1-31-23(20-29-17-15-28(16-18-29)19-22-9-3-2-4-10-22)21-30-26-13-7-5-11-24(26)25-12-6-8-14-27(25)30;20-13-1-3-18-16(9-13)17-10-14(21)2-4-19(17)24(18)12-15(25)11-23-7-5-22-6-8-23/h2-14,23H,15-21H2,1H3;1-4,9-10,22H,5-8,11-12H2. The number of ketones is 1. The summed E-state index contributed by atoms with van der Waals surface area (Å²) in [6, 6.07) is 40.7. The van der Waals surface area contributed by atoms with Gasteiger partial charge in [-0.3, -0.25) is 19.5 Å². The predicted octanol–water partition coefficient (Wildman–Crippen LogP) is 8.42. The van der Waals surface area contributed by atoms with E-state index in [-0.39, 0.29) is 11.9 Å². The molecule has 0 radical (unpaired) electrons. The number of hydrogen-bond acceptors (Lipinski definition) is 6. The van der Waals surface area contributed by atoms with E-state index in [1.54, 1.807) is 0 Å². The zero-order chi connectivity index (χ0) is 38.4. The van der Waals surface area contributed by atoms with Crippen LogP contribution in [0.1, 0.15) is 5.56 Å². The minimum Gasteiger partial charge on any atom is -0.378 e. The highest BCUT2D eigenvalue weighted by Crippen LogP contribution is 2.33. The number of aromatic nitrogens is 2. The first-order chi connectivity index (χ1) is 27.4. The summed E-state index contributed by atoms with van der Waals surface area (Å²) in [5, 5.41) is 8.30. The number of rotatable bonds is 11. The SMILES string of the molecule is COC(CN1CCN(Cc2ccccc2)CC1)Cn1c2ccccc2c2ccccc21.O=C(CN1CCNCC1)Cn1c2ccc(Br)cc2c2cc(Br)ccc21. The topological polar surface area (TPSA) is 57.9 Å². The van der Waals surface area contributed by atoms with E-state index in [0.717, 1.165) is 92.0 Å². The van der Waals surface area contributed by atoms with Crippen LogP contribution in [0.15, 0.2) is 124 Å². The molecule has 56 heavy (non-hydrogen) atoms. The molecular weight excluding hydrogens is 828 g/mol. The van der Waals surface area contributed by atoms with Crippen LogP contribution in [-0.2, 0) is 29.2 Å². The molecule has 7 aromatic rings. The normalized spacial score (nSPS) is 16.4. The van der Waals surface area contributed by atoms with Crippen molar-refractivity contribution in [3.8, 4) is 0 Å². The number of para-hydroxylation sites is 2. The van der Waals surface area contributed by atoms with Gasteiger partial charge in [-0.15, -0.1) is 0 Å². The number of hydrogen-bond donors (Lipinski definition) is 1. The van der Waals surface area contributed by atoms with Crippen LogP contribution in [0, 0.1) is 0 Å². The fraction of sp³-hybridized carbons (Fsp3) is 0.326. The first kappa shape index (κ1) is 39.0. The number of carbonyl (C=O) groups excluding carboxylic acids is 1. The number of methoxy groups -OCH3 is 1. The summed E-state index contributed by atoms with van der Waals surface area (Å²) in [5.41, 5.74) is 6.18. The average molecular weight is 879 g/mol. The van der Waals surface area contributed by atoms with E-state index >= 15 is 0 Å². The molecule has 2 saturated heterocycles. The Morgan fingerprint density at radius 1 is 0.589 bits per heavy atom. The molecule has 1 unspecified atom stereocenters. The number of fused-ring (bicyclic) bond motifs is 6. The lowest BCUT2D eigenvalue weighted by atomic mass is 10.2. The Bertz CT molecular complexity index is 2300. The van der Waals surface area contributed by atoms with Crippen molar-refractivity contribution in [3.63, 3.8) is 0 Å². The first-order valence-electron chi connectivity index (χ1n) is 19.7. The van der Waals surface area contributed by atoms with Crippen LogP contribution in [0.4, 0.5) is 0 Å². The van der Waals surface area contributed by atoms with Crippen molar-refractivity contribution in [1.82, 2.24) is 29.2 Å². The Morgan fingerprint density at radius 2 is 1.12 bits per heavy atom. The maximum Gasteiger partial charge on any atom is 0.166 e. The summed E-state index contributed by atoms with van der Waals surface area (Å²) in [5.74, 6) is 0.256. The van der Waals surface area contributed by atoms with E-state index in [2.05, 4.69) is 164 Å². The molecule has 4 heterocycles. The second-order valence-electron chi connectivity index (χ2n) is 15.0. The Kier molecular flexibility index (Phi) is 12.6. The number of Topliss-reactive ketones (excluding diaryl/α,β-unsaturated/α-hetero) is 1. The van der Waals surface area contributed by atoms with Gasteiger partial charge in [0.15, 0.2) is 5.78 Å². The summed E-state index contributed by atoms with van der Waals surface area (Å²) in [6.45, 7) is 12.0. The summed E-state index contributed by atoms with van der Waals surface area (Å²) in [7, 11) is 1.85. The highest BCUT2D eigenvalue weighted by Gasteiger charge is 2.22. The van der Waals surface area contributed by atoms with Crippen molar-refractivity contribution >= 4 is 81.3 Å². The molecule has 10 heteroatoms. The van der Waals surface area contributed by atoms with Gasteiger partial charge in [0.2, 0.25) is 0 Å². The third kappa shape index (κ3) is 8.97. The van der Waals surface area contributed by atoms with Crippen LogP contribution in [0.2, 0.25) is 0 Å². The Balaban J connectivity index is 0.000000161. The van der Waals surface area contributed by atoms with Crippen molar-refractivity contribution in [1.29, 1.82) is 0 Å². The minimum atomic E-state index is 0.167. The fourth-order valence-electron chi connectivity index (χ4n) is 8.43. The first-order valence-corrected chi connectivity index (χ1v) is 21.3. The number of halogens is 2. The van der Waals surface area contributed by atoms with E-state index in [1.165, 1.54) is 38.1 Å². The summed E-state index contributed by atoms with van der Waals surface area (Å²) < 4.78 is 12.6. The molecule has 2 aliphatic rings. The van der Waals surface area contributed by atoms with Gasteiger partial charge in [0.25, 0.3) is 0 Å². The summed E-state index contributed by atoms with van der Waals surface area (Å²) in [4.78, 5) is 20.0. The Morgan fingerprint density at radius 3 is 1.71 bits per heavy atom. The molecule has 0 aliphatic carbocycles. The minimum absolute atomic E-state index is 0.167. The molecule has 0 bridgehead atoms. The molecule has 8 nitrogen and oxygen atoms in total.